The zero-order chi connectivity index (χ0) is 13.8. The lowest BCUT2D eigenvalue weighted by Crippen LogP contribution is -2.41. The number of carboxylic acid groups (broad SMARTS) is 1. The summed E-state index contributed by atoms with van der Waals surface area (Å²) in [6.07, 6.45) is 7.29. The van der Waals surface area contributed by atoms with Crippen molar-refractivity contribution in [1.29, 1.82) is 0 Å². The number of hydrogen-bond acceptors (Lipinski definition) is 3. The summed E-state index contributed by atoms with van der Waals surface area (Å²) < 4.78 is 1.88. The Kier molecular flexibility index (Phi) is 4.19. The van der Waals surface area contributed by atoms with Crippen LogP contribution in [0.4, 0.5) is 0 Å². The molecule has 3 atom stereocenters. The summed E-state index contributed by atoms with van der Waals surface area (Å²) in [5.74, 6) is -1.92. The quantitative estimate of drug-likeness (QED) is 0.828. The second kappa shape index (κ2) is 5.86. The average molecular weight is 265 g/mol. The normalized spacial score (nSPS) is 24.1. The van der Waals surface area contributed by atoms with Gasteiger partial charge in [0, 0.05) is 25.0 Å². The lowest BCUT2D eigenvalue weighted by Gasteiger charge is -2.20. The molecule has 104 valence electrons. The molecule has 1 aromatic rings. The Morgan fingerprint density at radius 3 is 2.84 bits per heavy atom. The van der Waals surface area contributed by atoms with Crippen LogP contribution in [0.2, 0.25) is 0 Å². The SMILES string of the molecule is CC(Cn1ccnc1)NC(=O)C1CCCC1C(=O)O. The van der Waals surface area contributed by atoms with Gasteiger partial charge in [0.25, 0.3) is 0 Å². The van der Waals surface area contributed by atoms with Crippen molar-refractivity contribution in [3.8, 4) is 0 Å². The lowest BCUT2D eigenvalue weighted by atomic mass is 9.95. The number of carbonyl (C=O) groups is 2. The number of rotatable bonds is 5. The average Bonchev–Trinajstić information content (AvgIpc) is 2.97. The highest BCUT2D eigenvalue weighted by Crippen LogP contribution is 2.32. The number of aliphatic carboxylic acids is 1. The van der Waals surface area contributed by atoms with Crippen LogP contribution < -0.4 is 5.32 Å². The fourth-order valence-electron chi connectivity index (χ4n) is 2.68. The van der Waals surface area contributed by atoms with Gasteiger partial charge >= 0.3 is 5.97 Å². The first-order valence-electron chi connectivity index (χ1n) is 6.57. The van der Waals surface area contributed by atoms with E-state index in [-0.39, 0.29) is 17.9 Å². The Hall–Kier alpha value is -1.85. The van der Waals surface area contributed by atoms with Crippen LogP contribution in [0.3, 0.4) is 0 Å². The maximum Gasteiger partial charge on any atom is 0.307 e. The third kappa shape index (κ3) is 3.33. The zero-order valence-electron chi connectivity index (χ0n) is 11.0. The van der Waals surface area contributed by atoms with E-state index >= 15 is 0 Å². The molecule has 1 aliphatic rings. The van der Waals surface area contributed by atoms with Crippen LogP contribution in [0.25, 0.3) is 0 Å². The summed E-state index contributed by atoms with van der Waals surface area (Å²) >= 11 is 0. The Morgan fingerprint density at radius 1 is 1.47 bits per heavy atom. The van der Waals surface area contributed by atoms with Crippen molar-refractivity contribution in [3.05, 3.63) is 18.7 Å². The largest absolute Gasteiger partial charge is 0.481 e. The predicted octanol–water partition coefficient (Wildman–Crippen LogP) is 0.889. The molecule has 0 aromatic carbocycles. The highest BCUT2D eigenvalue weighted by atomic mass is 16.4. The van der Waals surface area contributed by atoms with E-state index in [1.807, 2.05) is 17.7 Å². The summed E-state index contributed by atoms with van der Waals surface area (Å²) in [6.45, 7) is 2.54. The predicted molar refractivity (Wildman–Crippen MR) is 68.3 cm³/mol. The fraction of sp³-hybridized carbons (Fsp3) is 0.615. The van der Waals surface area contributed by atoms with Crippen LogP contribution in [0.1, 0.15) is 26.2 Å². The minimum Gasteiger partial charge on any atom is -0.481 e. The fourth-order valence-corrected chi connectivity index (χ4v) is 2.68. The summed E-state index contributed by atoms with van der Waals surface area (Å²) in [4.78, 5) is 27.1. The highest BCUT2D eigenvalue weighted by molar-refractivity contribution is 5.85. The van der Waals surface area contributed by atoms with Crippen molar-refractivity contribution in [2.75, 3.05) is 0 Å². The van der Waals surface area contributed by atoms with E-state index < -0.39 is 11.9 Å². The number of hydrogen-bond donors (Lipinski definition) is 2. The number of amides is 1. The van der Waals surface area contributed by atoms with Gasteiger partial charge in [-0.3, -0.25) is 9.59 Å². The van der Waals surface area contributed by atoms with Crippen molar-refractivity contribution < 1.29 is 14.7 Å². The molecule has 1 fully saturated rings. The number of carboxylic acids is 1. The van der Waals surface area contributed by atoms with Crippen molar-refractivity contribution in [2.24, 2.45) is 11.8 Å². The maximum atomic E-state index is 12.1. The second-order valence-corrected chi connectivity index (χ2v) is 5.15. The highest BCUT2D eigenvalue weighted by Gasteiger charge is 2.37. The topological polar surface area (TPSA) is 84.2 Å². The van der Waals surface area contributed by atoms with Crippen LogP contribution in [-0.2, 0) is 16.1 Å². The van der Waals surface area contributed by atoms with Gasteiger partial charge < -0.3 is 15.0 Å². The van der Waals surface area contributed by atoms with Gasteiger partial charge in [0.1, 0.15) is 0 Å². The zero-order valence-corrected chi connectivity index (χ0v) is 11.0. The molecule has 0 radical (unpaired) electrons. The van der Waals surface area contributed by atoms with Gasteiger partial charge in [-0.1, -0.05) is 6.42 Å². The molecule has 1 aromatic heterocycles. The third-order valence-corrected chi connectivity index (χ3v) is 3.60. The van der Waals surface area contributed by atoms with E-state index in [2.05, 4.69) is 10.3 Å². The first kappa shape index (κ1) is 13.6. The van der Waals surface area contributed by atoms with Crippen LogP contribution in [0.5, 0.6) is 0 Å². The molecule has 0 bridgehead atoms. The second-order valence-electron chi connectivity index (χ2n) is 5.15. The Bertz CT molecular complexity index is 444. The van der Waals surface area contributed by atoms with E-state index in [1.54, 1.807) is 12.5 Å². The Labute approximate surface area is 111 Å². The van der Waals surface area contributed by atoms with E-state index in [9.17, 15) is 9.59 Å². The molecule has 6 nitrogen and oxygen atoms in total. The van der Waals surface area contributed by atoms with E-state index in [4.69, 9.17) is 5.11 Å². The molecule has 1 aliphatic carbocycles. The number of aromatic nitrogens is 2. The molecule has 6 heteroatoms. The van der Waals surface area contributed by atoms with Crippen LogP contribution >= 0.6 is 0 Å². The van der Waals surface area contributed by atoms with E-state index in [0.29, 0.717) is 19.4 Å². The lowest BCUT2D eigenvalue weighted by molar-refractivity contribution is -0.146. The van der Waals surface area contributed by atoms with Crippen molar-refractivity contribution >= 4 is 11.9 Å². The summed E-state index contributed by atoms with van der Waals surface area (Å²) in [5.41, 5.74) is 0. The van der Waals surface area contributed by atoms with Gasteiger partial charge in [-0.15, -0.1) is 0 Å². The van der Waals surface area contributed by atoms with Crippen LogP contribution in [0, 0.1) is 11.8 Å². The van der Waals surface area contributed by atoms with Gasteiger partial charge in [0.2, 0.25) is 5.91 Å². The standard InChI is InChI=1S/C13H19N3O3/c1-9(7-16-6-5-14-8-16)15-12(17)10-3-2-4-11(10)13(18)19/h5-6,8-11H,2-4,7H2,1H3,(H,15,17)(H,18,19). The summed E-state index contributed by atoms with van der Waals surface area (Å²) in [5, 5.41) is 12.0. The minimum atomic E-state index is -0.861. The Morgan fingerprint density at radius 2 is 2.21 bits per heavy atom. The van der Waals surface area contributed by atoms with Crippen molar-refractivity contribution in [2.45, 2.75) is 38.8 Å². The first-order valence-corrected chi connectivity index (χ1v) is 6.57. The molecule has 1 amide bonds. The van der Waals surface area contributed by atoms with Crippen LogP contribution in [0.15, 0.2) is 18.7 Å². The minimum absolute atomic E-state index is 0.0447. The number of carbonyl (C=O) groups excluding carboxylic acids is 1. The van der Waals surface area contributed by atoms with Gasteiger partial charge in [0.15, 0.2) is 0 Å². The van der Waals surface area contributed by atoms with Gasteiger partial charge in [-0.25, -0.2) is 4.98 Å². The molecule has 0 aliphatic heterocycles. The molecule has 2 rings (SSSR count). The van der Waals surface area contributed by atoms with E-state index in [0.717, 1.165) is 6.42 Å². The molecule has 1 saturated carbocycles. The molecule has 0 saturated heterocycles. The summed E-state index contributed by atoms with van der Waals surface area (Å²) in [6, 6.07) is -0.0447. The molecular weight excluding hydrogens is 246 g/mol. The van der Waals surface area contributed by atoms with Gasteiger partial charge in [0.05, 0.1) is 18.2 Å². The molecule has 1 heterocycles. The van der Waals surface area contributed by atoms with E-state index in [1.165, 1.54) is 0 Å². The number of imidazole rings is 1. The molecule has 3 unspecified atom stereocenters. The van der Waals surface area contributed by atoms with Gasteiger partial charge in [-0.05, 0) is 19.8 Å². The van der Waals surface area contributed by atoms with Crippen molar-refractivity contribution in [1.82, 2.24) is 14.9 Å². The molecule has 19 heavy (non-hydrogen) atoms. The molecule has 0 spiro atoms. The summed E-state index contributed by atoms with van der Waals surface area (Å²) in [7, 11) is 0. The maximum absolute atomic E-state index is 12.1. The smallest absolute Gasteiger partial charge is 0.307 e. The number of nitrogens with zero attached hydrogens (tertiary/aromatic N) is 2. The van der Waals surface area contributed by atoms with Crippen molar-refractivity contribution in [3.63, 3.8) is 0 Å². The first-order chi connectivity index (χ1) is 9.08. The number of nitrogens with one attached hydrogen (secondary N) is 1. The third-order valence-electron chi connectivity index (χ3n) is 3.60. The van der Waals surface area contributed by atoms with Crippen LogP contribution in [-0.4, -0.2) is 32.6 Å². The molecular formula is C13H19N3O3. The van der Waals surface area contributed by atoms with Gasteiger partial charge in [-0.2, -0.15) is 0 Å². The molecule has 2 N–H and O–H groups in total. The monoisotopic (exact) mass is 265 g/mol. The Balaban J connectivity index is 1.88.